The lowest BCUT2D eigenvalue weighted by Crippen LogP contribution is -2.42. The van der Waals surface area contributed by atoms with Crippen molar-refractivity contribution in [1.82, 2.24) is 14.9 Å². The van der Waals surface area contributed by atoms with Gasteiger partial charge in [-0.2, -0.15) is 0 Å². The van der Waals surface area contributed by atoms with E-state index in [1.807, 2.05) is 19.9 Å². The molecular weight excluding hydrogens is 579 g/mol. The van der Waals surface area contributed by atoms with Gasteiger partial charge in [0.05, 0.1) is 25.7 Å². The van der Waals surface area contributed by atoms with Crippen LogP contribution in [0.5, 0.6) is 11.5 Å². The Morgan fingerprint density at radius 1 is 0.976 bits per heavy atom. The Morgan fingerprint density at radius 2 is 1.69 bits per heavy atom. The van der Waals surface area contributed by atoms with Gasteiger partial charge in [-0.05, 0) is 67.4 Å². The molecule has 4 rings (SSSR count). The molecule has 0 aliphatic heterocycles. The highest BCUT2D eigenvalue weighted by atomic mass is 35.5. The number of anilines is 1. The molecule has 218 valence electrons. The Kier molecular flexibility index (Phi) is 10.4. The highest BCUT2D eigenvalue weighted by molar-refractivity contribution is 7.99. The Morgan fingerprint density at radius 3 is 2.33 bits per heavy atom. The zero-order chi connectivity index (χ0) is 30.2. The first-order valence-corrected chi connectivity index (χ1v) is 14.3. The number of aromatic nitrogens is 2. The van der Waals surface area contributed by atoms with Crippen LogP contribution < -0.4 is 14.8 Å². The second kappa shape index (κ2) is 14.2. The van der Waals surface area contributed by atoms with E-state index in [0.29, 0.717) is 32.9 Å². The number of hydrogen-bond donors (Lipinski definition) is 1. The summed E-state index contributed by atoms with van der Waals surface area (Å²) in [6, 6.07) is 18.2. The zero-order valence-electron chi connectivity index (χ0n) is 23.6. The molecule has 8 nitrogen and oxygen atoms in total. The maximum atomic E-state index is 14.5. The lowest BCUT2D eigenvalue weighted by atomic mass is 10.0. The summed E-state index contributed by atoms with van der Waals surface area (Å²) < 4.78 is 25.2. The topological polar surface area (TPSA) is 93.7 Å². The summed E-state index contributed by atoms with van der Waals surface area (Å²) in [4.78, 5) is 38.2. The molecule has 4 aromatic rings. The van der Waals surface area contributed by atoms with Crippen LogP contribution in [0, 0.1) is 19.7 Å². The SMILES string of the molecule is COc1ccc(NC(=O)C(c2cccc(F)c2)N(Cc2ccc(Cl)cc2)C(=O)CSc2nc(C)cc(C)n2)c(OC)c1. The summed E-state index contributed by atoms with van der Waals surface area (Å²) in [6.07, 6.45) is 0. The number of ether oxygens (including phenoxy) is 2. The molecule has 0 saturated heterocycles. The number of aryl methyl sites for hydroxylation is 2. The van der Waals surface area contributed by atoms with Crippen molar-refractivity contribution in [3.05, 3.63) is 106 Å². The lowest BCUT2D eigenvalue weighted by Gasteiger charge is -2.32. The predicted molar refractivity (Wildman–Crippen MR) is 162 cm³/mol. The van der Waals surface area contributed by atoms with Crippen LogP contribution in [0.15, 0.2) is 78.0 Å². The van der Waals surface area contributed by atoms with Crippen molar-refractivity contribution in [2.24, 2.45) is 0 Å². The van der Waals surface area contributed by atoms with Gasteiger partial charge in [0.2, 0.25) is 5.91 Å². The average molecular weight is 609 g/mol. The van der Waals surface area contributed by atoms with E-state index in [1.165, 1.54) is 49.1 Å². The minimum absolute atomic E-state index is 0.0541. The largest absolute Gasteiger partial charge is 0.497 e. The highest BCUT2D eigenvalue weighted by Gasteiger charge is 2.33. The van der Waals surface area contributed by atoms with Gasteiger partial charge in [-0.1, -0.05) is 47.6 Å². The molecule has 0 aliphatic carbocycles. The predicted octanol–water partition coefficient (Wildman–Crippen LogP) is 6.40. The van der Waals surface area contributed by atoms with Crippen LogP contribution in [0.2, 0.25) is 5.02 Å². The molecule has 1 unspecified atom stereocenters. The minimum atomic E-state index is -1.20. The summed E-state index contributed by atoms with van der Waals surface area (Å²) >= 11 is 7.26. The number of carbonyl (C=O) groups excluding carboxylic acids is 2. The molecule has 1 aromatic heterocycles. The molecule has 1 N–H and O–H groups in total. The first-order valence-electron chi connectivity index (χ1n) is 12.9. The number of thioether (sulfide) groups is 1. The Hall–Kier alpha value is -4.15. The third-order valence-corrected chi connectivity index (χ3v) is 7.35. The van der Waals surface area contributed by atoms with Crippen LogP contribution in [0.25, 0.3) is 0 Å². The minimum Gasteiger partial charge on any atom is -0.497 e. The fraction of sp³-hybridized carbons (Fsp3) is 0.226. The molecule has 1 heterocycles. The van der Waals surface area contributed by atoms with E-state index in [4.69, 9.17) is 21.1 Å². The average Bonchev–Trinajstić information content (AvgIpc) is 2.96. The van der Waals surface area contributed by atoms with Gasteiger partial charge in [0.25, 0.3) is 5.91 Å². The smallest absolute Gasteiger partial charge is 0.251 e. The van der Waals surface area contributed by atoms with Crippen molar-refractivity contribution in [3.8, 4) is 11.5 Å². The monoisotopic (exact) mass is 608 g/mol. The number of amides is 2. The van der Waals surface area contributed by atoms with Crippen LogP contribution in [0.1, 0.15) is 28.6 Å². The molecule has 0 bridgehead atoms. The Bertz CT molecular complexity index is 1550. The zero-order valence-corrected chi connectivity index (χ0v) is 25.1. The summed E-state index contributed by atoms with van der Waals surface area (Å²) in [5.74, 6) is -0.621. The van der Waals surface area contributed by atoms with E-state index < -0.39 is 17.8 Å². The van der Waals surface area contributed by atoms with Crippen LogP contribution in [0.3, 0.4) is 0 Å². The molecule has 0 fully saturated rings. The molecule has 42 heavy (non-hydrogen) atoms. The van der Waals surface area contributed by atoms with Gasteiger partial charge < -0.3 is 19.7 Å². The first-order chi connectivity index (χ1) is 20.2. The number of hydrogen-bond acceptors (Lipinski definition) is 7. The van der Waals surface area contributed by atoms with E-state index >= 15 is 0 Å². The fourth-order valence-electron chi connectivity index (χ4n) is 4.33. The molecule has 2 amide bonds. The van der Waals surface area contributed by atoms with E-state index in [2.05, 4.69) is 15.3 Å². The third-order valence-electron chi connectivity index (χ3n) is 6.26. The fourth-order valence-corrected chi connectivity index (χ4v) is 5.29. The van der Waals surface area contributed by atoms with Crippen molar-refractivity contribution < 1.29 is 23.5 Å². The van der Waals surface area contributed by atoms with Crippen molar-refractivity contribution in [2.45, 2.75) is 31.6 Å². The first kappa shape index (κ1) is 30.8. The van der Waals surface area contributed by atoms with E-state index in [-0.39, 0.29) is 18.2 Å². The molecule has 1 atom stereocenters. The molecule has 3 aromatic carbocycles. The molecular formula is C31H30ClFN4O4S. The number of nitrogens with zero attached hydrogens (tertiary/aromatic N) is 3. The second-order valence-corrected chi connectivity index (χ2v) is 10.8. The molecule has 11 heteroatoms. The van der Waals surface area contributed by atoms with Gasteiger partial charge in [-0.3, -0.25) is 9.59 Å². The van der Waals surface area contributed by atoms with Crippen LogP contribution in [-0.4, -0.2) is 46.7 Å². The molecule has 0 aliphatic rings. The molecule has 0 radical (unpaired) electrons. The number of methoxy groups -OCH3 is 2. The lowest BCUT2D eigenvalue weighted by molar-refractivity contribution is -0.137. The number of halogens is 2. The summed E-state index contributed by atoms with van der Waals surface area (Å²) in [6.45, 7) is 3.76. The van der Waals surface area contributed by atoms with Gasteiger partial charge in [0.1, 0.15) is 23.4 Å². The summed E-state index contributed by atoms with van der Waals surface area (Å²) in [5, 5.41) is 3.84. The number of benzene rings is 3. The maximum Gasteiger partial charge on any atom is 0.251 e. The van der Waals surface area contributed by atoms with Crippen LogP contribution in [0.4, 0.5) is 10.1 Å². The summed E-state index contributed by atoms with van der Waals surface area (Å²) in [5.41, 5.74) is 2.95. The standard InChI is InChI=1S/C31H30ClFN4O4S/c1-19-14-20(2)35-31(34-19)42-18-28(38)37(17-21-8-10-23(32)11-9-21)29(22-6-5-7-24(33)15-22)30(39)36-26-13-12-25(40-3)16-27(26)41-4/h5-16,29H,17-18H2,1-4H3,(H,36,39). The number of rotatable bonds is 11. The normalized spacial score (nSPS) is 11.5. The van der Waals surface area contributed by atoms with E-state index in [9.17, 15) is 14.0 Å². The van der Waals surface area contributed by atoms with Gasteiger partial charge in [-0.25, -0.2) is 14.4 Å². The Labute approximate surface area is 253 Å². The van der Waals surface area contributed by atoms with Crippen molar-refractivity contribution in [1.29, 1.82) is 0 Å². The van der Waals surface area contributed by atoms with Crippen molar-refractivity contribution in [3.63, 3.8) is 0 Å². The van der Waals surface area contributed by atoms with Crippen LogP contribution >= 0.6 is 23.4 Å². The summed E-state index contributed by atoms with van der Waals surface area (Å²) in [7, 11) is 2.99. The van der Waals surface area contributed by atoms with Gasteiger partial charge in [0.15, 0.2) is 5.16 Å². The second-order valence-electron chi connectivity index (χ2n) is 9.38. The maximum absolute atomic E-state index is 14.5. The third kappa shape index (κ3) is 7.98. The van der Waals surface area contributed by atoms with Crippen LogP contribution in [-0.2, 0) is 16.1 Å². The van der Waals surface area contributed by atoms with Gasteiger partial charge in [-0.15, -0.1) is 0 Å². The quantitative estimate of drug-likeness (QED) is 0.155. The van der Waals surface area contributed by atoms with Crippen molar-refractivity contribution >= 4 is 40.9 Å². The molecule has 0 spiro atoms. The van der Waals surface area contributed by atoms with E-state index in [1.54, 1.807) is 48.5 Å². The highest BCUT2D eigenvalue weighted by Crippen LogP contribution is 2.32. The molecule has 0 saturated carbocycles. The number of carbonyl (C=O) groups is 2. The number of nitrogens with one attached hydrogen (secondary N) is 1. The van der Waals surface area contributed by atoms with Gasteiger partial charge >= 0.3 is 0 Å². The van der Waals surface area contributed by atoms with Gasteiger partial charge in [0, 0.05) is 29.0 Å². The Balaban J connectivity index is 1.73. The van der Waals surface area contributed by atoms with E-state index in [0.717, 1.165) is 17.0 Å². The van der Waals surface area contributed by atoms with Crippen molar-refractivity contribution in [2.75, 3.05) is 25.3 Å².